The lowest BCUT2D eigenvalue weighted by molar-refractivity contribution is 0.365. The molecule has 1 fully saturated rings. The molecule has 0 radical (unpaired) electrons. The molecule has 114 valence electrons. The average molecular weight is 285 g/mol. The van der Waals surface area contributed by atoms with Crippen LogP contribution in [0.5, 0.6) is 5.75 Å². The molecule has 0 aliphatic heterocycles. The summed E-state index contributed by atoms with van der Waals surface area (Å²) in [5, 5.41) is 3.68. The standard InChI is InChI=1S/C19H27NO/c1-4-8-15(2)16-11-12-19(21-3)17(13-16)14-20-18-9-6-5-7-10-18/h4,8,11-13,18,20H,2,5-7,9-10,14H2,1,3H3/b8-4-. The van der Waals surface area contributed by atoms with E-state index in [1.165, 1.54) is 37.7 Å². The average Bonchev–Trinajstić information content (AvgIpc) is 2.54. The Hall–Kier alpha value is -1.54. The first kappa shape index (κ1) is 15.8. The minimum Gasteiger partial charge on any atom is -0.496 e. The molecule has 2 nitrogen and oxygen atoms in total. The second kappa shape index (κ2) is 8.04. The monoisotopic (exact) mass is 285 g/mol. The number of benzene rings is 1. The van der Waals surface area contributed by atoms with Crippen molar-refractivity contribution in [2.24, 2.45) is 0 Å². The molecular weight excluding hydrogens is 258 g/mol. The molecule has 0 unspecified atom stereocenters. The molecule has 0 heterocycles. The van der Waals surface area contributed by atoms with Gasteiger partial charge in [0.25, 0.3) is 0 Å². The Labute approximate surface area is 128 Å². The van der Waals surface area contributed by atoms with E-state index in [9.17, 15) is 0 Å². The SMILES string of the molecule is C=C(/C=C\C)c1ccc(OC)c(CNC2CCCCC2)c1. The highest BCUT2D eigenvalue weighted by Crippen LogP contribution is 2.25. The lowest BCUT2D eigenvalue weighted by Gasteiger charge is -2.23. The third kappa shape index (κ3) is 4.47. The fraction of sp³-hybridized carbons (Fsp3) is 0.474. The van der Waals surface area contributed by atoms with Gasteiger partial charge in [-0.1, -0.05) is 44.1 Å². The Kier molecular flexibility index (Phi) is 6.06. The van der Waals surface area contributed by atoms with E-state index in [-0.39, 0.29) is 0 Å². The normalized spacial score (nSPS) is 16.3. The third-order valence-electron chi connectivity index (χ3n) is 4.21. The fourth-order valence-electron chi connectivity index (χ4n) is 2.97. The molecule has 1 aliphatic carbocycles. The quantitative estimate of drug-likeness (QED) is 0.764. The van der Waals surface area contributed by atoms with Crippen LogP contribution in [-0.2, 0) is 6.54 Å². The number of methoxy groups -OCH3 is 1. The van der Waals surface area contributed by atoms with E-state index in [2.05, 4.69) is 24.0 Å². The number of allylic oxidation sites excluding steroid dienone is 3. The van der Waals surface area contributed by atoms with E-state index in [0.29, 0.717) is 6.04 Å². The van der Waals surface area contributed by atoms with Gasteiger partial charge in [-0.05, 0) is 43.0 Å². The molecular formula is C19H27NO. The molecule has 0 spiro atoms. The minimum atomic E-state index is 0.658. The molecule has 1 aromatic rings. The largest absolute Gasteiger partial charge is 0.496 e. The topological polar surface area (TPSA) is 21.3 Å². The zero-order valence-electron chi connectivity index (χ0n) is 13.3. The Morgan fingerprint density at radius 3 is 2.76 bits per heavy atom. The van der Waals surface area contributed by atoms with Crippen LogP contribution in [0.25, 0.3) is 5.57 Å². The van der Waals surface area contributed by atoms with Gasteiger partial charge in [0, 0.05) is 18.2 Å². The lowest BCUT2D eigenvalue weighted by atomic mass is 9.95. The number of hydrogen-bond acceptors (Lipinski definition) is 2. The van der Waals surface area contributed by atoms with Gasteiger partial charge in [0.05, 0.1) is 7.11 Å². The van der Waals surface area contributed by atoms with Gasteiger partial charge in [0.15, 0.2) is 0 Å². The van der Waals surface area contributed by atoms with Crippen LogP contribution in [0.1, 0.15) is 50.2 Å². The highest BCUT2D eigenvalue weighted by atomic mass is 16.5. The number of nitrogens with one attached hydrogen (secondary N) is 1. The number of rotatable bonds is 6. The Balaban J connectivity index is 2.08. The van der Waals surface area contributed by atoms with Crippen LogP contribution < -0.4 is 10.1 Å². The Morgan fingerprint density at radius 2 is 2.10 bits per heavy atom. The highest BCUT2D eigenvalue weighted by Gasteiger charge is 2.13. The summed E-state index contributed by atoms with van der Waals surface area (Å²) in [4.78, 5) is 0. The van der Waals surface area contributed by atoms with Gasteiger partial charge >= 0.3 is 0 Å². The van der Waals surface area contributed by atoms with Crippen molar-refractivity contribution in [2.75, 3.05) is 7.11 Å². The van der Waals surface area contributed by atoms with E-state index in [0.717, 1.165) is 23.4 Å². The summed E-state index contributed by atoms with van der Waals surface area (Å²) in [6, 6.07) is 6.97. The van der Waals surface area contributed by atoms with E-state index >= 15 is 0 Å². The zero-order valence-corrected chi connectivity index (χ0v) is 13.3. The highest BCUT2D eigenvalue weighted by molar-refractivity contribution is 5.72. The molecule has 2 rings (SSSR count). The van der Waals surface area contributed by atoms with Gasteiger partial charge in [-0.25, -0.2) is 0 Å². The van der Waals surface area contributed by atoms with Crippen molar-refractivity contribution in [3.63, 3.8) is 0 Å². The summed E-state index contributed by atoms with van der Waals surface area (Å²) >= 11 is 0. The van der Waals surface area contributed by atoms with Gasteiger partial charge in [-0.2, -0.15) is 0 Å². The second-order valence-corrected chi connectivity index (χ2v) is 5.77. The fourth-order valence-corrected chi connectivity index (χ4v) is 2.97. The van der Waals surface area contributed by atoms with E-state index < -0.39 is 0 Å². The van der Waals surface area contributed by atoms with Crippen molar-refractivity contribution in [2.45, 2.75) is 51.6 Å². The molecule has 0 amide bonds. The van der Waals surface area contributed by atoms with Crippen LogP contribution in [0.15, 0.2) is 36.9 Å². The van der Waals surface area contributed by atoms with Gasteiger partial charge in [-0.15, -0.1) is 0 Å². The van der Waals surface area contributed by atoms with Crippen molar-refractivity contribution >= 4 is 5.57 Å². The molecule has 0 atom stereocenters. The summed E-state index contributed by atoms with van der Waals surface area (Å²) in [7, 11) is 1.74. The first-order chi connectivity index (χ1) is 10.2. The predicted octanol–water partition coefficient (Wildman–Crippen LogP) is 4.71. The van der Waals surface area contributed by atoms with E-state index in [1.807, 2.05) is 25.1 Å². The lowest BCUT2D eigenvalue weighted by Crippen LogP contribution is -2.30. The van der Waals surface area contributed by atoms with E-state index in [1.54, 1.807) is 7.11 Å². The molecule has 2 heteroatoms. The summed E-state index contributed by atoms with van der Waals surface area (Å²) in [5.74, 6) is 0.954. The number of hydrogen-bond donors (Lipinski definition) is 1. The molecule has 1 N–H and O–H groups in total. The van der Waals surface area contributed by atoms with Crippen molar-refractivity contribution in [3.8, 4) is 5.75 Å². The Bertz CT molecular complexity index is 498. The van der Waals surface area contributed by atoms with Gasteiger partial charge in [0.2, 0.25) is 0 Å². The van der Waals surface area contributed by atoms with Crippen LogP contribution in [0.3, 0.4) is 0 Å². The van der Waals surface area contributed by atoms with Crippen LogP contribution in [0, 0.1) is 0 Å². The van der Waals surface area contributed by atoms with Crippen molar-refractivity contribution in [1.29, 1.82) is 0 Å². The molecule has 0 aromatic heterocycles. The van der Waals surface area contributed by atoms with Crippen LogP contribution in [-0.4, -0.2) is 13.2 Å². The maximum atomic E-state index is 5.49. The third-order valence-corrected chi connectivity index (χ3v) is 4.21. The van der Waals surface area contributed by atoms with Gasteiger partial charge in [-0.3, -0.25) is 0 Å². The molecule has 1 saturated carbocycles. The summed E-state index contributed by atoms with van der Waals surface area (Å²) in [5.41, 5.74) is 3.42. The molecule has 0 bridgehead atoms. The predicted molar refractivity (Wildman–Crippen MR) is 90.6 cm³/mol. The first-order valence-corrected chi connectivity index (χ1v) is 7.97. The van der Waals surface area contributed by atoms with Crippen LogP contribution in [0.4, 0.5) is 0 Å². The zero-order chi connectivity index (χ0) is 15.1. The van der Waals surface area contributed by atoms with Crippen molar-refractivity contribution in [1.82, 2.24) is 5.32 Å². The van der Waals surface area contributed by atoms with Crippen molar-refractivity contribution in [3.05, 3.63) is 48.1 Å². The summed E-state index contributed by atoms with van der Waals surface area (Å²) in [6.45, 7) is 6.99. The first-order valence-electron chi connectivity index (χ1n) is 7.97. The summed E-state index contributed by atoms with van der Waals surface area (Å²) in [6.07, 6.45) is 10.8. The molecule has 21 heavy (non-hydrogen) atoms. The Morgan fingerprint density at radius 1 is 1.33 bits per heavy atom. The smallest absolute Gasteiger partial charge is 0.123 e. The van der Waals surface area contributed by atoms with E-state index in [4.69, 9.17) is 4.74 Å². The van der Waals surface area contributed by atoms with Gasteiger partial charge in [0.1, 0.15) is 5.75 Å². The van der Waals surface area contributed by atoms with Gasteiger partial charge < -0.3 is 10.1 Å². The second-order valence-electron chi connectivity index (χ2n) is 5.77. The van der Waals surface area contributed by atoms with Crippen LogP contribution in [0.2, 0.25) is 0 Å². The minimum absolute atomic E-state index is 0.658. The number of ether oxygens (including phenoxy) is 1. The molecule has 1 aliphatic rings. The van der Waals surface area contributed by atoms with Crippen molar-refractivity contribution < 1.29 is 4.74 Å². The summed E-state index contributed by atoms with van der Waals surface area (Å²) < 4.78 is 5.49. The molecule has 0 saturated heterocycles. The maximum absolute atomic E-state index is 5.49. The van der Waals surface area contributed by atoms with Crippen LogP contribution >= 0.6 is 0 Å². The molecule has 1 aromatic carbocycles. The maximum Gasteiger partial charge on any atom is 0.123 e.